The maximum atomic E-state index is 4.55. The van der Waals surface area contributed by atoms with Crippen LogP contribution in [-0.2, 0) is 6.42 Å². The molecule has 0 aliphatic rings. The number of nitrogens with zero attached hydrogens (tertiary/aromatic N) is 2. The van der Waals surface area contributed by atoms with Gasteiger partial charge < -0.3 is 4.23 Å². The predicted molar refractivity (Wildman–Crippen MR) is 78.1 cm³/mol. The van der Waals surface area contributed by atoms with Crippen molar-refractivity contribution < 1.29 is 0 Å². The summed E-state index contributed by atoms with van der Waals surface area (Å²) in [5.41, 5.74) is 1.25. The fourth-order valence-corrected chi connectivity index (χ4v) is 8.01. The van der Waals surface area contributed by atoms with E-state index in [2.05, 4.69) is 49.4 Å². The van der Waals surface area contributed by atoms with Crippen LogP contribution in [0.3, 0.4) is 0 Å². The Labute approximate surface area is 108 Å². The molecule has 0 aromatic carbocycles. The summed E-state index contributed by atoms with van der Waals surface area (Å²) >= 11 is 0. The van der Waals surface area contributed by atoms with Crippen molar-refractivity contribution in [2.24, 2.45) is 0 Å². The molecule has 1 rings (SSSR count). The zero-order valence-electron chi connectivity index (χ0n) is 12.0. The van der Waals surface area contributed by atoms with Gasteiger partial charge in [0.15, 0.2) is 8.24 Å². The van der Waals surface area contributed by atoms with Crippen molar-refractivity contribution in [2.75, 3.05) is 0 Å². The zero-order chi connectivity index (χ0) is 12.7. The van der Waals surface area contributed by atoms with E-state index < -0.39 is 8.24 Å². The molecule has 0 atom stereocenters. The highest BCUT2D eigenvalue weighted by molar-refractivity contribution is 6.78. The lowest BCUT2D eigenvalue weighted by Crippen LogP contribution is -2.42. The average Bonchev–Trinajstić information content (AvgIpc) is 2.79. The van der Waals surface area contributed by atoms with Gasteiger partial charge in [-0.25, -0.2) is 4.98 Å². The largest absolute Gasteiger partial charge is 0.364 e. The van der Waals surface area contributed by atoms with Gasteiger partial charge in [-0.15, -0.1) is 0 Å². The molecule has 0 saturated heterocycles. The van der Waals surface area contributed by atoms with E-state index in [1.807, 2.05) is 0 Å². The Morgan fingerprint density at radius 1 is 1.00 bits per heavy atom. The summed E-state index contributed by atoms with van der Waals surface area (Å²) in [6, 6.07) is 4.23. The molecular formula is C14H28N2Si. The van der Waals surface area contributed by atoms with Gasteiger partial charge in [-0.3, -0.25) is 0 Å². The normalized spacial score (nSPS) is 12.0. The molecule has 2 nitrogen and oxygen atoms in total. The molecule has 0 saturated carbocycles. The summed E-state index contributed by atoms with van der Waals surface area (Å²) in [6.45, 7) is 9.16. The molecule has 3 heteroatoms. The smallest absolute Gasteiger partial charge is 0.163 e. The van der Waals surface area contributed by atoms with Gasteiger partial charge in [0.1, 0.15) is 0 Å². The lowest BCUT2D eigenvalue weighted by atomic mass is 10.4. The highest BCUT2D eigenvalue weighted by Gasteiger charge is 2.32. The zero-order valence-corrected chi connectivity index (χ0v) is 13.0. The molecule has 0 N–H and O–H groups in total. The van der Waals surface area contributed by atoms with Crippen LogP contribution < -0.4 is 0 Å². The van der Waals surface area contributed by atoms with E-state index in [1.54, 1.807) is 0 Å². The molecule has 98 valence electrons. The van der Waals surface area contributed by atoms with Crippen LogP contribution >= 0.6 is 0 Å². The SMILES string of the molecule is CCC[Si](CCC)(CCC)n1cnc(CC)c1. The summed E-state index contributed by atoms with van der Waals surface area (Å²) in [4.78, 5) is 4.55. The molecule has 0 spiro atoms. The van der Waals surface area contributed by atoms with Gasteiger partial charge in [-0.05, 0) is 24.6 Å². The minimum Gasteiger partial charge on any atom is -0.364 e. The molecule has 0 fully saturated rings. The highest BCUT2D eigenvalue weighted by Crippen LogP contribution is 2.28. The quantitative estimate of drug-likeness (QED) is 0.624. The van der Waals surface area contributed by atoms with Crippen LogP contribution in [0.15, 0.2) is 12.5 Å². The number of aromatic nitrogens is 2. The third-order valence-electron chi connectivity index (χ3n) is 3.69. The maximum absolute atomic E-state index is 4.55. The van der Waals surface area contributed by atoms with Crippen molar-refractivity contribution in [3.05, 3.63) is 18.2 Å². The van der Waals surface area contributed by atoms with Gasteiger partial charge in [0, 0.05) is 6.20 Å². The molecule has 17 heavy (non-hydrogen) atoms. The molecule has 1 aromatic heterocycles. The van der Waals surface area contributed by atoms with Crippen LogP contribution in [0.4, 0.5) is 0 Å². The van der Waals surface area contributed by atoms with Crippen LogP contribution in [0.1, 0.15) is 52.7 Å². The molecule has 0 aliphatic heterocycles. The standard InChI is InChI=1S/C14H28N2Si/c1-5-9-17(10-6-2,11-7-3)16-12-14(8-4)15-13-16/h12-13H,5-11H2,1-4H3. The average molecular weight is 252 g/mol. The summed E-state index contributed by atoms with van der Waals surface area (Å²) in [7, 11) is -1.31. The molecule has 0 aliphatic carbocycles. The van der Waals surface area contributed by atoms with Crippen LogP contribution in [0, 0.1) is 0 Å². The first kappa shape index (κ1) is 14.5. The highest BCUT2D eigenvalue weighted by atomic mass is 28.3. The molecule has 1 heterocycles. The second-order valence-corrected chi connectivity index (χ2v) is 9.57. The van der Waals surface area contributed by atoms with Gasteiger partial charge >= 0.3 is 0 Å². The van der Waals surface area contributed by atoms with Gasteiger partial charge in [-0.2, -0.15) is 0 Å². The molecule has 0 bridgehead atoms. The fourth-order valence-electron chi connectivity index (χ4n) is 2.96. The molecule has 0 unspecified atom stereocenters. The van der Waals surface area contributed by atoms with E-state index >= 15 is 0 Å². The van der Waals surface area contributed by atoms with Crippen molar-refractivity contribution in [1.82, 2.24) is 9.22 Å². The van der Waals surface area contributed by atoms with Gasteiger partial charge in [0.2, 0.25) is 0 Å². The van der Waals surface area contributed by atoms with Crippen LogP contribution in [-0.4, -0.2) is 17.5 Å². The van der Waals surface area contributed by atoms with Gasteiger partial charge in [0.25, 0.3) is 0 Å². The van der Waals surface area contributed by atoms with E-state index in [1.165, 1.54) is 43.1 Å². The Morgan fingerprint density at radius 3 is 1.88 bits per heavy atom. The Morgan fingerprint density at radius 2 is 1.53 bits per heavy atom. The third kappa shape index (κ3) is 3.44. The van der Waals surface area contributed by atoms with Crippen molar-refractivity contribution in [1.29, 1.82) is 0 Å². The maximum Gasteiger partial charge on any atom is 0.163 e. The number of hydrogen-bond donors (Lipinski definition) is 0. The predicted octanol–water partition coefficient (Wildman–Crippen LogP) is 4.47. The second-order valence-electron chi connectivity index (χ2n) is 5.10. The number of aryl methyl sites for hydroxylation is 1. The van der Waals surface area contributed by atoms with E-state index in [0.717, 1.165) is 6.42 Å². The van der Waals surface area contributed by atoms with Crippen molar-refractivity contribution in [3.8, 4) is 0 Å². The van der Waals surface area contributed by atoms with Crippen molar-refractivity contribution in [2.45, 2.75) is 71.5 Å². The summed E-state index contributed by atoms with van der Waals surface area (Å²) < 4.78 is 2.54. The lowest BCUT2D eigenvalue weighted by molar-refractivity contribution is 0.867. The van der Waals surface area contributed by atoms with E-state index in [-0.39, 0.29) is 0 Å². The summed E-state index contributed by atoms with van der Waals surface area (Å²) in [6.07, 6.45) is 9.44. The number of imidazole rings is 1. The summed E-state index contributed by atoms with van der Waals surface area (Å²) in [5.74, 6) is 0. The molecular weight excluding hydrogens is 224 g/mol. The third-order valence-corrected chi connectivity index (χ3v) is 9.32. The minimum atomic E-state index is -1.31. The van der Waals surface area contributed by atoms with Gasteiger partial charge in [-0.1, -0.05) is 47.0 Å². The second kappa shape index (κ2) is 6.99. The van der Waals surface area contributed by atoms with Crippen molar-refractivity contribution in [3.63, 3.8) is 0 Å². The fraction of sp³-hybridized carbons (Fsp3) is 0.786. The van der Waals surface area contributed by atoms with Crippen LogP contribution in [0.2, 0.25) is 18.1 Å². The van der Waals surface area contributed by atoms with E-state index in [0.29, 0.717) is 0 Å². The molecule has 0 amide bonds. The van der Waals surface area contributed by atoms with Gasteiger partial charge in [0.05, 0.1) is 12.0 Å². The Hall–Kier alpha value is -0.573. The Kier molecular flexibility index (Phi) is 5.96. The number of hydrogen-bond acceptors (Lipinski definition) is 1. The molecule has 1 aromatic rings. The van der Waals surface area contributed by atoms with Crippen molar-refractivity contribution >= 4 is 8.24 Å². The van der Waals surface area contributed by atoms with E-state index in [4.69, 9.17) is 0 Å². The molecule has 0 radical (unpaired) electrons. The van der Waals surface area contributed by atoms with Crippen LogP contribution in [0.5, 0.6) is 0 Å². The minimum absolute atomic E-state index is 1.06. The van der Waals surface area contributed by atoms with Crippen LogP contribution in [0.25, 0.3) is 0 Å². The first-order valence-electron chi connectivity index (χ1n) is 7.25. The first-order valence-corrected chi connectivity index (χ1v) is 9.82. The topological polar surface area (TPSA) is 17.8 Å². The number of rotatable bonds is 8. The van der Waals surface area contributed by atoms with E-state index in [9.17, 15) is 0 Å². The summed E-state index contributed by atoms with van der Waals surface area (Å²) in [5, 5.41) is 0. The first-order chi connectivity index (χ1) is 8.22. The Bertz CT molecular complexity index is 303. The monoisotopic (exact) mass is 252 g/mol. The lowest BCUT2D eigenvalue weighted by Gasteiger charge is -2.32. The Balaban J connectivity index is 3.00.